The molecule has 3 N–H and O–H groups in total. The Labute approximate surface area is 273 Å². The number of hydrogen-bond acceptors (Lipinski definition) is 9. The standard InChI is InChI=1S/C36H40FN3O5S/c1-34-19-22(21-39)28(40-25-10-8-24(37)9-11-25)18-23(34)7-12-26-27-13-14-36(33(43)46-17-4-3-15-38,35(27,2)20-29(41)31(26)34)45-32(42)30-6-5-16-44-30/h5-6,8-11,16,18,21,26-27,29,31,41H,3-4,7,12-14,17,19-20,39H2,1-2H3/t26-,27?,29?,31?,34-,35-,36-/m0/s1. The number of aliphatic hydroxyl groups is 1. The van der Waals surface area contributed by atoms with E-state index in [0.717, 1.165) is 35.9 Å². The summed E-state index contributed by atoms with van der Waals surface area (Å²) in [5.41, 5.74) is 7.01. The number of halogens is 1. The predicted octanol–water partition coefficient (Wildman–Crippen LogP) is 7.04. The number of ether oxygens (including phenoxy) is 1. The van der Waals surface area contributed by atoms with Crippen LogP contribution in [0.3, 0.4) is 0 Å². The van der Waals surface area contributed by atoms with Crippen LogP contribution in [0.1, 0.15) is 75.8 Å². The van der Waals surface area contributed by atoms with E-state index >= 15 is 0 Å². The number of carbonyl (C=O) groups is 2. The normalized spacial score (nSPS) is 35.1. The predicted molar refractivity (Wildman–Crippen MR) is 173 cm³/mol. The molecular formula is C36H40FN3O5S. The van der Waals surface area contributed by atoms with Gasteiger partial charge in [0.2, 0.25) is 10.9 Å². The number of allylic oxidation sites excluding steroid dienone is 3. The van der Waals surface area contributed by atoms with Gasteiger partial charge in [-0.1, -0.05) is 31.2 Å². The number of thioether (sulfide) groups is 1. The Hall–Kier alpha value is -3.68. The van der Waals surface area contributed by atoms with Crippen LogP contribution in [0.15, 0.2) is 75.5 Å². The van der Waals surface area contributed by atoms with Gasteiger partial charge in [0, 0.05) is 17.6 Å². The smallest absolute Gasteiger partial charge is 0.375 e. The third-order valence-corrected chi connectivity index (χ3v) is 12.3. The molecule has 1 aromatic heterocycles. The van der Waals surface area contributed by atoms with E-state index in [-0.39, 0.29) is 39.9 Å². The van der Waals surface area contributed by atoms with Crippen LogP contribution in [0.2, 0.25) is 0 Å². The van der Waals surface area contributed by atoms with Crippen molar-refractivity contribution >= 4 is 34.2 Å². The SMILES string of the molecule is C[C@]12CC(=CN)C(=Nc3ccc(F)cc3)C=C1CC[C@@H]1C2C(O)C[C@@]2(C)C1CC[C@]2(OC(=O)c1ccco1)C(=O)SCCCC#N. The molecule has 3 unspecified atom stereocenters. The fourth-order valence-electron chi connectivity index (χ4n) is 9.16. The van der Waals surface area contributed by atoms with E-state index in [0.29, 0.717) is 50.0 Å². The molecule has 0 spiro atoms. The third-order valence-electron chi connectivity index (χ3n) is 11.3. The van der Waals surface area contributed by atoms with Gasteiger partial charge < -0.3 is 20.0 Å². The van der Waals surface area contributed by atoms with Crippen LogP contribution in [0.5, 0.6) is 0 Å². The Morgan fingerprint density at radius 1 is 1.26 bits per heavy atom. The first-order chi connectivity index (χ1) is 22.1. The number of nitriles is 1. The van der Waals surface area contributed by atoms with E-state index in [1.165, 1.54) is 30.0 Å². The number of fused-ring (bicyclic) bond motifs is 5. The minimum absolute atomic E-state index is 0.0318. The molecule has 3 saturated carbocycles. The van der Waals surface area contributed by atoms with Gasteiger partial charge in [0.1, 0.15) is 5.82 Å². The second-order valence-corrected chi connectivity index (χ2v) is 14.7. The number of unbranched alkanes of at least 4 members (excludes halogenated alkanes) is 1. The topological polar surface area (TPSA) is 139 Å². The zero-order valence-corrected chi connectivity index (χ0v) is 27.0. The number of furan rings is 1. The van der Waals surface area contributed by atoms with Gasteiger partial charge in [-0.25, -0.2) is 14.2 Å². The van der Waals surface area contributed by atoms with Crippen molar-refractivity contribution in [3.63, 3.8) is 0 Å². The average Bonchev–Trinajstić information content (AvgIpc) is 3.67. The van der Waals surface area contributed by atoms with E-state index < -0.39 is 23.1 Å². The Morgan fingerprint density at radius 2 is 2.04 bits per heavy atom. The van der Waals surface area contributed by atoms with Crippen LogP contribution in [0.4, 0.5) is 10.1 Å². The summed E-state index contributed by atoms with van der Waals surface area (Å²) >= 11 is 1.11. The van der Waals surface area contributed by atoms with Gasteiger partial charge >= 0.3 is 5.97 Å². The fourth-order valence-corrected chi connectivity index (χ4v) is 10.2. The number of benzene rings is 1. The van der Waals surface area contributed by atoms with Crippen molar-refractivity contribution in [2.45, 2.75) is 76.9 Å². The first kappa shape index (κ1) is 32.3. The molecule has 0 aliphatic heterocycles. The van der Waals surface area contributed by atoms with Crippen molar-refractivity contribution in [3.8, 4) is 6.07 Å². The quantitative estimate of drug-likeness (QED) is 0.242. The van der Waals surface area contributed by atoms with E-state index in [2.05, 4.69) is 19.1 Å². The second kappa shape index (κ2) is 12.5. The first-order valence-electron chi connectivity index (χ1n) is 16.0. The summed E-state index contributed by atoms with van der Waals surface area (Å²) in [6.07, 6.45) is 8.78. The zero-order valence-electron chi connectivity index (χ0n) is 26.2. The number of nitrogens with two attached hydrogens (primary N) is 1. The van der Waals surface area contributed by atoms with Gasteiger partial charge in [-0.2, -0.15) is 5.26 Å². The molecule has 4 aliphatic carbocycles. The molecule has 0 amide bonds. The molecule has 0 bridgehead atoms. The molecule has 1 heterocycles. The van der Waals surface area contributed by atoms with Gasteiger partial charge in [0.15, 0.2) is 5.60 Å². The first-order valence-corrected chi connectivity index (χ1v) is 17.0. The number of nitrogens with zero attached hydrogens (tertiary/aromatic N) is 2. The monoisotopic (exact) mass is 645 g/mol. The lowest BCUT2D eigenvalue weighted by Crippen LogP contribution is -2.62. The highest BCUT2D eigenvalue weighted by Crippen LogP contribution is 2.69. The number of aliphatic hydroxyl groups excluding tert-OH is 1. The summed E-state index contributed by atoms with van der Waals surface area (Å²) in [5, 5.41) is 20.9. The molecule has 4 aliphatic rings. The molecule has 3 fully saturated rings. The van der Waals surface area contributed by atoms with Gasteiger partial charge in [-0.3, -0.25) is 4.79 Å². The van der Waals surface area contributed by atoms with Crippen LogP contribution >= 0.6 is 11.8 Å². The molecule has 6 rings (SSSR count). The number of esters is 1. The summed E-state index contributed by atoms with van der Waals surface area (Å²) < 4.78 is 25.1. The van der Waals surface area contributed by atoms with E-state index in [9.17, 15) is 19.1 Å². The summed E-state index contributed by atoms with van der Waals surface area (Å²) in [6, 6.07) is 11.3. The number of carbonyl (C=O) groups excluding carboxylic acids is 2. The Kier molecular flexibility index (Phi) is 8.77. The highest BCUT2D eigenvalue weighted by atomic mass is 32.2. The van der Waals surface area contributed by atoms with Gasteiger partial charge in [0.25, 0.3) is 0 Å². The number of aliphatic imine (C=N–C) groups is 1. The molecule has 7 atom stereocenters. The third kappa shape index (κ3) is 5.31. The van der Waals surface area contributed by atoms with Crippen molar-refractivity contribution in [1.82, 2.24) is 0 Å². The van der Waals surface area contributed by atoms with Crippen molar-refractivity contribution < 1.29 is 28.2 Å². The largest absolute Gasteiger partial charge is 0.457 e. The van der Waals surface area contributed by atoms with Crippen molar-refractivity contribution in [2.75, 3.05) is 5.75 Å². The van der Waals surface area contributed by atoms with Gasteiger partial charge in [0.05, 0.1) is 29.8 Å². The highest BCUT2D eigenvalue weighted by Gasteiger charge is 2.70. The maximum Gasteiger partial charge on any atom is 0.375 e. The summed E-state index contributed by atoms with van der Waals surface area (Å²) in [7, 11) is 0. The van der Waals surface area contributed by atoms with Crippen molar-refractivity contribution in [2.24, 2.45) is 39.3 Å². The van der Waals surface area contributed by atoms with E-state index in [1.807, 2.05) is 6.92 Å². The molecule has 242 valence electrons. The minimum atomic E-state index is -1.44. The second-order valence-electron chi connectivity index (χ2n) is 13.6. The maximum atomic E-state index is 14.2. The van der Waals surface area contributed by atoms with Crippen molar-refractivity contribution in [3.05, 3.63) is 77.7 Å². The van der Waals surface area contributed by atoms with Crippen LogP contribution in [0.25, 0.3) is 0 Å². The number of rotatable bonds is 7. The number of hydrogen-bond donors (Lipinski definition) is 2. The molecule has 2 aromatic rings. The van der Waals surface area contributed by atoms with Gasteiger partial charge in [-0.05, 0) is 122 Å². The Bertz CT molecular complexity index is 1630. The summed E-state index contributed by atoms with van der Waals surface area (Å²) in [5.74, 6) is -0.501. The van der Waals surface area contributed by atoms with E-state index in [4.69, 9.17) is 25.1 Å². The fraction of sp³-hybridized carbons (Fsp3) is 0.500. The van der Waals surface area contributed by atoms with Crippen LogP contribution in [-0.4, -0.2) is 39.4 Å². The lowest BCUT2D eigenvalue weighted by molar-refractivity contribution is -0.175. The Balaban J connectivity index is 1.33. The molecule has 8 nitrogen and oxygen atoms in total. The molecule has 0 radical (unpaired) electrons. The average molecular weight is 646 g/mol. The highest BCUT2D eigenvalue weighted by molar-refractivity contribution is 8.13. The van der Waals surface area contributed by atoms with Crippen LogP contribution < -0.4 is 5.73 Å². The molecule has 10 heteroatoms. The van der Waals surface area contributed by atoms with Gasteiger partial charge in [-0.15, -0.1) is 0 Å². The maximum absolute atomic E-state index is 14.2. The van der Waals surface area contributed by atoms with Crippen LogP contribution in [0, 0.1) is 45.7 Å². The molecular weight excluding hydrogens is 605 g/mol. The molecule has 0 saturated heterocycles. The lowest BCUT2D eigenvalue weighted by atomic mass is 9.45. The Morgan fingerprint density at radius 3 is 2.74 bits per heavy atom. The molecule has 46 heavy (non-hydrogen) atoms. The van der Waals surface area contributed by atoms with Crippen LogP contribution in [-0.2, 0) is 9.53 Å². The lowest BCUT2D eigenvalue weighted by Gasteiger charge is -2.60. The van der Waals surface area contributed by atoms with E-state index in [1.54, 1.807) is 24.4 Å². The minimum Gasteiger partial charge on any atom is -0.457 e. The van der Waals surface area contributed by atoms with Crippen molar-refractivity contribution in [1.29, 1.82) is 5.26 Å². The summed E-state index contributed by atoms with van der Waals surface area (Å²) in [6.45, 7) is 4.22. The summed E-state index contributed by atoms with van der Waals surface area (Å²) in [4.78, 5) is 32.3. The molecule has 1 aromatic carbocycles. The zero-order chi connectivity index (χ0) is 32.7.